The molecule has 1 heterocycles. The molecule has 0 atom stereocenters. The third-order valence-electron chi connectivity index (χ3n) is 5.05. The zero-order valence-corrected chi connectivity index (χ0v) is 19.1. The SMILES string of the molecule is Cc1ccc(Cn2c(SCC(=O)NNC(=O)c3ccccc3F)nc3ccccc3c2=O)cc1. The van der Waals surface area contributed by atoms with Gasteiger partial charge in [0.2, 0.25) is 5.91 Å². The topological polar surface area (TPSA) is 93.1 Å². The summed E-state index contributed by atoms with van der Waals surface area (Å²) in [5.74, 6) is -2.10. The van der Waals surface area contributed by atoms with Gasteiger partial charge >= 0.3 is 0 Å². The molecule has 1 aromatic heterocycles. The first kappa shape index (κ1) is 23.2. The van der Waals surface area contributed by atoms with Crippen LogP contribution in [0.3, 0.4) is 0 Å². The number of hydrazine groups is 1. The van der Waals surface area contributed by atoms with Gasteiger partial charge in [-0.1, -0.05) is 65.9 Å². The van der Waals surface area contributed by atoms with E-state index < -0.39 is 17.6 Å². The van der Waals surface area contributed by atoms with Gasteiger partial charge in [-0.05, 0) is 36.8 Å². The number of fused-ring (bicyclic) bond motifs is 1. The molecule has 3 aromatic carbocycles. The van der Waals surface area contributed by atoms with Gasteiger partial charge in [0, 0.05) is 0 Å². The fourth-order valence-electron chi connectivity index (χ4n) is 3.28. The quantitative estimate of drug-likeness (QED) is 0.253. The molecule has 9 heteroatoms. The number of carbonyl (C=O) groups excluding carboxylic acids is 2. The molecule has 7 nitrogen and oxygen atoms in total. The molecule has 0 saturated heterocycles. The Bertz CT molecular complexity index is 1420. The fourth-order valence-corrected chi connectivity index (χ4v) is 4.08. The van der Waals surface area contributed by atoms with Crippen molar-refractivity contribution >= 4 is 34.5 Å². The number of hydrogen-bond donors (Lipinski definition) is 2. The van der Waals surface area contributed by atoms with Gasteiger partial charge in [0.1, 0.15) is 5.82 Å². The lowest BCUT2D eigenvalue weighted by molar-refractivity contribution is -0.119. The normalized spacial score (nSPS) is 10.8. The van der Waals surface area contributed by atoms with Gasteiger partial charge < -0.3 is 0 Å². The minimum atomic E-state index is -0.767. The van der Waals surface area contributed by atoms with E-state index in [1.54, 1.807) is 24.3 Å². The maximum absolute atomic E-state index is 13.7. The second-order valence-corrected chi connectivity index (χ2v) is 8.50. The van der Waals surface area contributed by atoms with Gasteiger partial charge in [-0.3, -0.25) is 29.8 Å². The molecule has 0 saturated carbocycles. The summed E-state index contributed by atoms with van der Waals surface area (Å²) < 4.78 is 15.3. The minimum absolute atomic E-state index is 0.115. The van der Waals surface area contributed by atoms with Gasteiger partial charge in [0.05, 0.1) is 28.8 Å². The summed E-state index contributed by atoms with van der Waals surface area (Å²) in [6.07, 6.45) is 0. The molecular weight excluding hydrogens is 455 g/mol. The van der Waals surface area contributed by atoms with E-state index in [-0.39, 0.29) is 16.9 Å². The highest BCUT2D eigenvalue weighted by Crippen LogP contribution is 2.19. The van der Waals surface area contributed by atoms with E-state index in [4.69, 9.17) is 0 Å². The number of aromatic nitrogens is 2. The number of carbonyl (C=O) groups is 2. The highest BCUT2D eigenvalue weighted by Gasteiger charge is 2.15. The Balaban J connectivity index is 1.50. The predicted molar refractivity (Wildman–Crippen MR) is 129 cm³/mol. The molecule has 0 unspecified atom stereocenters. The zero-order valence-electron chi connectivity index (χ0n) is 18.2. The Hall–Kier alpha value is -3.98. The van der Waals surface area contributed by atoms with Crippen LogP contribution in [-0.2, 0) is 11.3 Å². The molecule has 0 fully saturated rings. The van der Waals surface area contributed by atoms with E-state index in [2.05, 4.69) is 15.8 Å². The highest BCUT2D eigenvalue weighted by atomic mass is 32.2. The number of rotatable bonds is 6. The van der Waals surface area contributed by atoms with Gasteiger partial charge in [0.15, 0.2) is 5.16 Å². The van der Waals surface area contributed by atoms with Crippen LogP contribution in [0, 0.1) is 12.7 Å². The second-order valence-electron chi connectivity index (χ2n) is 7.56. The first-order chi connectivity index (χ1) is 16.4. The summed E-state index contributed by atoms with van der Waals surface area (Å²) in [4.78, 5) is 42.2. The maximum atomic E-state index is 13.7. The third kappa shape index (κ3) is 5.32. The summed E-state index contributed by atoms with van der Waals surface area (Å²) in [5, 5.41) is 0.861. The van der Waals surface area contributed by atoms with E-state index >= 15 is 0 Å². The smallest absolute Gasteiger partial charge is 0.272 e. The number of benzene rings is 3. The lowest BCUT2D eigenvalue weighted by Crippen LogP contribution is -2.42. The molecular formula is C25H21FN4O3S. The van der Waals surface area contributed by atoms with Crippen LogP contribution >= 0.6 is 11.8 Å². The van der Waals surface area contributed by atoms with E-state index in [0.717, 1.165) is 29.0 Å². The summed E-state index contributed by atoms with van der Waals surface area (Å²) in [7, 11) is 0. The van der Waals surface area contributed by atoms with Gasteiger partial charge in [-0.15, -0.1) is 0 Å². The summed E-state index contributed by atoms with van der Waals surface area (Å²) in [6, 6.07) is 20.3. The van der Waals surface area contributed by atoms with Crippen LogP contribution in [-0.4, -0.2) is 27.1 Å². The van der Waals surface area contributed by atoms with E-state index in [1.807, 2.05) is 31.2 Å². The van der Waals surface area contributed by atoms with Crippen molar-refractivity contribution < 1.29 is 14.0 Å². The number of nitrogens with zero attached hydrogens (tertiary/aromatic N) is 2. The van der Waals surface area contributed by atoms with Gasteiger partial charge in [-0.25, -0.2) is 9.37 Å². The monoisotopic (exact) mass is 476 g/mol. The van der Waals surface area contributed by atoms with Crippen molar-refractivity contribution in [3.05, 3.63) is 106 Å². The zero-order chi connectivity index (χ0) is 24.1. The van der Waals surface area contributed by atoms with E-state index in [1.165, 1.54) is 22.8 Å². The molecule has 0 aliphatic carbocycles. The van der Waals surface area contributed by atoms with Crippen molar-refractivity contribution in [2.45, 2.75) is 18.6 Å². The molecule has 0 aliphatic heterocycles. The molecule has 2 amide bonds. The Morgan fingerprint density at radius 1 is 0.971 bits per heavy atom. The van der Waals surface area contributed by atoms with Crippen molar-refractivity contribution in [2.75, 3.05) is 5.75 Å². The fraction of sp³-hybridized carbons (Fsp3) is 0.120. The second kappa shape index (κ2) is 10.3. The third-order valence-corrected chi connectivity index (χ3v) is 6.03. The van der Waals surface area contributed by atoms with Crippen LogP contribution in [0.25, 0.3) is 10.9 Å². The first-order valence-corrected chi connectivity index (χ1v) is 11.4. The molecule has 0 radical (unpaired) electrons. The molecule has 4 aromatic rings. The van der Waals surface area contributed by atoms with Crippen molar-refractivity contribution in [3.8, 4) is 0 Å². The number of thioether (sulfide) groups is 1. The van der Waals surface area contributed by atoms with Crippen molar-refractivity contribution in [2.24, 2.45) is 0 Å². The predicted octanol–water partition coefficient (Wildman–Crippen LogP) is 3.45. The van der Waals surface area contributed by atoms with Gasteiger partial charge in [-0.2, -0.15) is 0 Å². The maximum Gasteiger partial charge on any atom is 0.272 e. The van der Waals surface area contributed by atoms with Crippen LogP contribution in [0.1, 0.15) is 21.5 Å². The Labute approximate surface area is 199 Å². The lowest BCUT2D eigenvalue weighted by atomic mass is 10.1. The largest absolute Gasteiger partial charge is 0.283 e. The molecule has 34 heavy (non-hydrogen) atoms. The van der Waals surface area contributed by atoms with Crippen LogP contribution in [0.15, 0.2) is 82.7 Å². The highest BCUT2D eigenvalue weighted by molar-refractivity contribution is 7.99. The number of halogens is 1. The first-order valence-electron chi connectivity index (χ1n) is 10.4. The van der Waals surface area contributed by atoms with Gasteiger partial charge in [0.25, 0.3) is 11.5 Å². The standard InChI is InChI=1S/C25H21FN4O3S/c1-16-10-12-17(13-11-16)14-30-24(33)19-7-3-5-9-21(19)27-25(30)34-15-22(31)28-29-23(32)18-6-2-4-8-20(18)26/h2-13H,14-15H2,1H3,(H,28,31)(H,29,32). The van der Waals surface area contributed by atoms with Crippen molar-refractivity contribution in [1.82, 2.24) is 20.4 Å². The van der Waals surface area contributed by atoms with E-state index in [9.17, 15) is 18.8 Å². The van der Waals surface area contributed by atoms with Crippen LogP contribution < -0.4 is 16.4 Å². The average Bonchev–Trinajstić information content (AvgIpc) is 2.84. The molecule has 172 valence electrons. The lowest BCUT2D eigenvalue weighted by Gasteiger charge is -2.14. The number of para-hydroxylation sites is 1. The Morgan fingerprint density at radius 2 is 1.68 bits per heavy atom. The number of nitrogens with one attached hydrogen (secondary N) is 2. The molecule has 4 rings (SSSR count). The summed E-state index contributed by atoms with van der Waals surface area (Å²) in [6.45, 7) is 2.28. The Kier molecular flexibility index (Phi) is 7.03. The van der Waals surface area contributed by atoms with Crippen molar-refractivity contribution in [1.29, 1.82) is 0 Å². The summed E-state index contributed by atoms with van der Waals surface area (Å²) in [5.41, 5.74) is 6.63. The molecule has 0 aliphatic rings. The number of amides is 2. The summed E-state index contributed by atoms with van der Waals surface area (Å²) >= 11 is 1.07. The van der Waals surface area contributed by atoms with Crippen LogP contribution in [0.2, 0.25) is 0 Å². The van der Waals surface area contributed by atoms with Crippen LogP contribution in [0.5, 0.6) is 0 Å². The molecule has 0 bridgehead atoms. The minimum Gasteiger partial charge on any atom is -0.283 e. The Morgan fingerprint density at radius 3 is 2.44 bits per heavy atom. The average molecular weight is 477 g/mol. The molecule has 2 N–H and O–H groups in total. The number of hydrogen-bond acceptors (Lipinski definition) is 5. The number of aryl methyl sites for hydroxylation is 1. The molecule has 0 spiro atoms. The van der Waals surface area contributed by atoms with E-state index in [0.29, 0.717) is 22.6 Å². The van der Waals surface area contributed by atoms with Crippen molar-refractivity contribution in [3.63, 3.8) is 0 Å². The van der Waals surface area contributed by atoms with Crippen LogP contribution in [0.4, 0.5) is 4.39 Å².